The zero-order chi connectivity index (χ0) is 27.2. The number of anilines is 3. The standard InChI is InChI=1S/C30H36N6O2S/c1-5-7-27-34-28(21-18-24(37-3)20-25(19-21)38-4)29(39-27)26-12-13-31-30(33-26)32-22-8-10-23(11-9-22)36-16-14-35(6-2)15-17-36/h8-13,18-20H,5-7,14-17H2,1-4H3,(H,31,32,33). The molecule has 1 saturated heterocycles. The first-order chi connectivity index (χ1) is 19.1. The van der Waals surface area contributed by atoms with Crippen molar-refractivity contribution < 1.29 is 9.47 Å². The van der Waals surface area contributed by atoms with Gasteiger partial charge >= 0.3 is 0 Å². The van der Waals surface area contributed by atoms with Crippen molar-refractivity contribution in [2.75, 3.05) is 57.2 Å². The topological polar surface area (TPSA) is 75.6 Å². The molecule has 8 nitrogen and oxygen atoms in total. The number of ether oxygens (including phenoxy) is 2. The summed E-state index contributed by atoms with van der Waals surface area (Å²) in [6, 6.07) is 16.3. The van der Waals surface area contributed by atoms with Crippen molar-refractivity contribution in [2.45, 2.75) is 26.7 Å². The molecule has 3 heterocycles. The van der Waals surface area contributed by atoms with Crippen LogP contribution in [0.5, 0.6) is 11.5 Å². The Morgan fingerprint density at radius 1 is 0.897 bits per heavy atom. The molecule has 204 valence electrons. The van der Waals surface area contributed by atoms with Gasteiger partial charge in [0.05, 0.1) is 35.5 Å². The van der Waals surface area contributed by atoms with E-state index in [1.165, 1.54) is 5.69 Å². The minimum Gasteiger partial charge on any atom is -0.497 e. The van der Waals surface area contributed by atoms with Crippen LogP contribution in [-0.2, 0) is 6.42 Å². The molecule has 1 aliphatic rings. The molecular weight excluding hydrogens is 508 g/mol. The average molecular weight is 545 g/mol. The van der Waals surface area contributed by atoms with Gasteiger partial charge in [-0.05, 0) is 61.9 Å². The van der Waals surface area contributed by atoms with Crippen LogP contribution >= 0.6 is 11.3 Å². The fraction of sp³-hybridized carbons (Fsp3) is 0.367. The Morgan fingerprint density at radius 3 is 2.26 bits per heavy atom. The van der Waals surface area contributed by atoms with Crippen LogP contribution in [0.25, 0.3) is 21.8 Å². The molecule has 4 aromatic rings. The van der Waals surface area contributed by atoms with Crippen LogP contribution in [0.15, 0.2) is 54.7 Å². The Morgan fingerprint density at radius 2 is 1.62 bits per heavy atom. The Bertz CT molecular complexity index is 1360. The van der Waals surface area contributed by atoms with E-state index >= 15 is 0 Å². The number of hydrogen-bond donors (Lipinski definition) is 1. The molecule has 0 aliphatic carbocycles. The van der Waals surface area contributed by atoms with Crippen LogP contribution in [0.4, 0.5) is 17.3 Å². The minimum atomic E-state index is 0.552. The molecule has 0 radical (unpaired) electrons. The first-order valence-corrected chi connectivity index (χ1v) is 14.3. The molecule has 2 aromatic heterocycles. The van der Waals surface area contributed by atoms with E-state index in [4.69, 9.17) is 19.4 Å². The second kappa shape index (κ2) is 12.4. The van der Waals surface area contributed by atoms with Crippen LogP contribution in [0.3, 0.4) is 0 Å². The van der Waals surface area contributed by atoms with Crippen molar-refractivity contribution in [1.82, 2.24) is 19.9 Å². The molecule has 9 heteroatoms. The fourth-order valence-electron chi connectivity index (χ4n) is 4.75. The Hall–Kier alpha value is -3.69. The van der Waals surface area contributed by atoms with Gasteiger partial charge in [-0.1, -0.05) is 13.8 Å². The second-order valence-electron chi connectivity index (χ2n) is 9.50. The third-order valence-corrected chi connectivity index (χ3v) is 8.09. The zero-order valence-corrected chi connectivity index (χ0v) is 23.9. The number of nitrogens with one attached hydrogen (secondary N) is 1. The highest BCUT2D eigenvalue weighted by atomic mass is 32.1. The van der Waals surface area contributed by atoms with E-state index in [2.05, 4.69) is 58.2 Å². The highest BCUT2D eigenvalue weighted by Crippen LogP contribution is 2.39. The summed E-state index contributed by atoms with van der Waals surface area (Å²) in [5.74, 6) is 2.00. The number of nitrogens with zero attached hydrogens (tertiary/aromatic N) is 5. The molecule has 1 N–H and O–H groups in total. The Kier molecular flexibility index (Phi) is 8.58. The SMILES string of the molecule is CCCc1nc(-c2cc(OC)cc(OC)c2)c(-c2ccnc(Nc3ccc(N4CCN(CC)CC4)cc3)n2)s1. The van der Waals surface area contributed by atoms with Crippen molar-refractivity contribution in [3.8, 4) is 33.3 Å². The van der Waals surface area contributed by atoms with Gasteiger partial charge in [0.2, 0.25) is 5.95 Å². The molecule has 0 atom stereocenters. The Labute approximate surface area is 234 Å². The highest BCUT2D eigenvalue weighted by molar-refractivity contribution is 7.15. The third kappa shape index (κ3) is 6.32. The quantitative estimate of drug-likeness (QED) is 0.256. The first kappa shape index (κ1) is 26.9. The van der Waals surface area contributed by atoms with E-state index in [-0.39, 0.29) is 0 Å². The van der Waals surface area contributed by atoms with Gasteiger partial charge in [0.25, 0.3) is 0 Å². The van der Waals surface area contributed by atoms with Gasteiger partial charge in [-0.25, -0.2) is 15.0 Å². The summed E-state index contributed by atoms with van der Waals surface area (Å²) in [7, 11) is 3.31. The monoisotopic (exact) mass is 544 g/mol. The van der Waals surface area contributed by atoms with Gasteiger partial charge in [-0.15, -0.1) is 11.3 Å². The lowest BCUT2D eigenvalue weighted by Crippen LogP contribution is -2.46. The maximum Gasteiger partial charge on any atom is 0.227 e. The summed E-state index contributed by atoms with van der Waals surface area (Å²) in [4.78, 5) is 20.3. The van der Waals surface area contributed by atoms with E-state index in [0.29, 0.717) is 5.95 Å². The lowest BCUT2D eigenvalue weighted by Gasteiger charge is -2.35. The van der Waals surface area contributed by atoms with Crippen LogP contribution in [-0.4, -0.2) is 66.8 Å². The average Bonchev–Trinajstić information content (AvgIpc) is 3.42. The van der Waals surface area contributed by atoms with Crippen LogP contribution in [0.2, 0.25) is 0 Å². The van der Waals surface area contributed by atoms with Crippen molar-refractivity contribution in [3.05, 3.63) is 59.7 Å². The smallest absolute Gasteiger partial charge is 0.227 e. The molecule has 2 aromatic carbocycles. The van der Waals surface area contributed by atoms with Crippen molar-refractivity contribution in [2.24, 2.45) is 0 Å². The molecule has 0 amide bonds. The molecular formula is C30H36N6O2S. The zero-order valence-electron chi connectivity index (χ0n) is 23.1. The second-order valence-corrected chi connectivity index (χ2v) is 10.6. The van der Waals surface area contributed by atoms with E-state index in [1.807, 2.05) is 24.3 Å². The van der Waals surface area contributed by atoms with Gasteiger partial charge in [0, 0.05) is 55.4 Å². The number of aryl methyl sites for hydroxylation is 1. The lowest BCUT2D eigenvalue weighted by atomic mass is 10.1. The molecule has 0 spiro atoms. The molecule has 0 saturated carbocycles. The van der Waals surface area contributed by atoms with Crippen LogP contribution in [0.1, 0.15) is 25.3 Å². The minimum absolute atomic E-state index is 0.552. The van der Waals surface area contributed by atoms with Crippen molar-refractivity contribution in [1.29, 1.82) is 0 Å². The first-order valence-electron chi connectivity index (χ1n) is 13.5. The van der Waals surface area contributed by atoms with Gasteiger partial charge in [-0.3, -0.25) is 0 Å². The Balaban J connectivity index is 1.39. The summed E-state index contributed by atoms with van der Waals surface area (Å²) in [5, 5.41) is 4.46. The highest BCUT2D eigenvalue weighted by Gasteiger charge is 2.19. The molecule has 1 aliphatic heterocycles. The summed E-state index contributed by atoms with van der Waals surface area (Å²) >= 11 is 1.67. The van der Waals surface area contributed by atoms with E-state index in [1.54, 1.807) is 31.8 Å². The largest absolute Gasteiger partial charge is 0.497 e. The molecule has 0 bridgehead atoms. The summed E-state index contributed by atoms with van der Waals surface area (Å²) in [6.07, 6.45) is 3.73. The summed E-state index contributed by atoms with van der Waals surface area (Å²) in [6.45, 7) is 9.84. The number of rotatable bonds is 10. The van der Waals surface area contributed by atoms with Gasteiger partial charge in [0.1, 0.15) is 11.5 Å². The maximum absolute atomic E-state index is 5.52. The summed E-state index contributed by atoms with van der Waals surface area (Å²) in [5.41, 5.74) is 4.84. The predicted molar refractivity (Wildman–Crippen MR) is 160 cm³/mol. The summed E-state index contributed by atoms with van der Waals surface area (Å²) < 4.78 is 11.0. The van der Waals surface area contributed by atoms with Crippen LogP contribution < -0.4 is 19.7 Å². The van der Waals surface area contributed by atoms with Gasteiger partial charge in [0.15, 0.2) is 0 Å². The van der Waals surface area contributed by atoms with Crippen molar-refractivity contribution in [3.63, 3.8) is 0 Å². The number of thiazole rings is 1. The number of methoxy groups -OCH3 is 2. The third-order valence-electron chi connectivity index (χ3n) is 6.96. The number of aromatic nitrogens is 3. The normalized spacial score (nSPS) is 13.9. The number of likely N-dealkylation sites (N-methyl/N-ethyl adjacent to an activating group) is 1. The van der Waals surface area contributed by atoms with E-state index < -0.39 is 0 Å². The number of hydrogen-bond acceptors (Lipinski definition) is 9. The van der Waals surface area contributed by atoms with Crippen molar-refractivity contribution >= 4 is 28.7 Å². The lowest BCUT2D eigenvalue weighted by molar-refractivity contribution is 0.271. The van der Waals surface area contributed by atoms with Crippen LogP contribution in [0, 0.1) is 0 Å². The van der Waals surface area contributed by atoms with Gasteiger partial charge < -0.3 is 24.6 Å². The predicted octanol–water partition coefficient (Wildman–Crippen LogP) is 6.12. The van der Waals surface area contributed by atoms with E-state index in [0.717, 1.165) is 89.6 Å². The molecule has 5 rings (SSSR count). The number of benzene rings is 2. The molecule has 0 unspecified atom stereocenters. The fourth-order valence-corrected chi connectivity index (χ4v) is 5.91. The molecule has 1 fully saturated rings. The number of piperazine rings is 1. The van der Waals surface area contributed by atoms with Gasteiger partial charge in [-0.2, -0.15) is 0 Å². The maximum atomic E-state index is 5.52. The molecule has 39 heavy (non-hydrogen) atoms. The van der Waals surface area contributed by atoms with E-state index in [9.17, 15) is 0 Å².